The van der Waals surface area contributed by atoms with Crippen LogP contribution in [0.15, 0.2) is 18.2 Å². The van der Waals surface area contributed by atoms with Crippen molar-refractivity contribution in [3.63, 3.8) is 0 Å². The average molecular weight is 746 g/mol. The van der Waals surface area contributed by atoms with Crippen molar-refractivity contribution in [1.82, 2.24) is 19.8 Å². The van der Waals surface area contributed by atoms with Crippen LogP contribution < -0.4 is 15.4 Å². The smallest absolute Gasteiger partial charge is 0.417 e. The van der Waals surface area contributed by atoms with E-state index in [0.29, 0.717) is 30.7 Å². The minimum Gasteiger partial charge on any atom is -0.461 e. The Balaban J connectivity index is 1.43. The summed E-state index contributed by atoms with van der Waals surface area (Å²) in [6, 6.07) is 3.59. The number of likely N-dealkylation sites (N-methyl/N-ethyl adjacent to an activating group) is 1. The number of hydrogen-bond acceptors (Lipinski definition) is 9. The second kappa shape index (κ2) is 12.9. The summed E-state index contributed by atoms with van der Waals surface area (Å²) in [5.74, 6) is -2.61. The van der Waals surface area contributed by atoms with Crippen molar-refractivity contribution in [2.45, 2.75) is 76.4 Å². The Morgan fingerprint density at radius 3 is 2.69 bits per heavy atom. The first-order valence-electron chi connectivity index (χ1n) is 17.1. The van der Waals surface area contributed by atoms with Gasteiger partial charge in [-0.05, 0) is 50.4 Å². The Bertz CT molecular complexity index is 2130. The quantitative estimate of drug-likeness (QED) is 0.196. The van der Waals surface area contributed by atoms with E-state index in [0.717, 1.165) is 24.6 Å². The lowest BCUT2D eigenvalue weighted by Gasteiger charge is -2.31. The third-order valence-electron chi connectivity index (χ3n) is 10.8. The van der Waals surface area contributed by atoms with Gasteiger partial charge in [0.15, 0.2) is 5.82 Å². The van der Waals surface area contributed by atoms with Gasteiger partial charge in [-0.3, -0.25) is 9.69 Å². The molecule has 276 valence electrons. The van der Waals surface area contributed by atoms with Gasteiger partial charge in [0.2, 0.25) is 5.91 Å². The Kier molecular flexibility index (Phi) is 8.96. The number of thiophene rings is 1. The number of aromatic nitrogens is 2. The number of hydrogen-bond donors (Lipinski definition) is 1. The highest BCUT2D eigenvalue weighted by atomic mass is 32.1. The molecule has 16 heteroatoms. The number of amides is 1. The molecular formula is C36H37F6N7O2S. The van der Waals surface area contributed by atoms with E-state index in [4.69, 9.17) is 10.5 Å². The molecule has 3 aliphatic heterocycles. The molecule has 0 saturated carbocycles. The van der Waals surface area contributed by atoms with Crippen molar-refractivity contribution in [2.24, 2.45) is 5.92 Å². The van der Waals surface area contributed by atoms with Gasteiger partial charge in [-0.1, -0.05) is 19.9 Å². The van der Waals surface area contributed by atoms with Crippen LogP contribution in [-0.2, 0) is 11.0 Å². The molecule has 2 aromatic carbocycles. The van der Waals surface area contributed by atoms with E-state index in [2.05, 4.69) is 9.97 Å². The minimum atomic E-state index is -5.12. The van der Waals surface area contributed by atoms with Gasteiger partial charge in [0, 0.05) is 60.9 Å². The zero-order valence-corrected chi connectivity index (χ0v) is 29.8. The van der Waals surface area contributed by atoms with Gasteiger partial charge in [-0.25, -0.2) is 13.2 Å². The van der Waals surface area contributed by atoms with Gasteiger partial charge in [-0.2, -0.15) is 28.4 Å². The van der Waals surface area contributed by atoms with E-state index in [1.165, 1.54) is 0 Å². The van der Waals surface area contributed by atoms with Gasteiger partial charge >= 0.3 is 12.2 Å². The largest absolute Gasteiger partial charge is 0.461 e. The number of carbonyl (C=O) groups excluding carboxylic acids is 1. The maximum atomic E-state index is 17.2. The number of benzene rings is 2. The highest BCUT2D eigenvalue weighted by Crippen LogP contribution is 2.48. The topological polar surface area (TPSA) is 112 Å². The van der Waals surface area contributed by atoms with Crippen LogP contribution in [0.5, 0.6) is 6.01 Å². The van der Waals surface area contributed by atoms with Crippen molar-refractivity contribution < 1.29 is 35.9 Å². The van der Waals surface area contributed by atoms with Gasteiger partial charge in [0.1, 0.15) is 41.0 Å². The van der Waals surface area contributed by atoms with Crippen LogP contribution in [0.1, 0.15) is 57.6 Å². The van der Waals surface area contributed by atoms with E-state index in [-0.39, 0.29) is 87.4 Å². The third kappa shape index (κ3) is 5.85. The first-order chi connectivity index (χ1) is 24.5. The molecule has 0 bridgehead atoms. The van der Waals surface area contributed by atoms with Crippen molar-refractivity contribution >= 4 is 49.1 Å². The van der Waals surface area contributed by atoms with Crippen LogP contribution in [0.2, 0.25) is 0 Å². The van der Waals surface area contributed by atoms with Crippen molar-refractivity contribution in [3.8, 4) is 23.2 Å². The van der Waals surface area contributed by atoms with Crippen LogP contribution in [0, 0.1) is 28.9 Å². The summed E-state index contributed by atoms with van der Waals surface area (Å²) in [6.45, 7) is 6.62. The lowest BCUT2D eigenvalue weighted by atomic mass is 9.92. The number of nitrogen functional groups attached to an aromatic ring is 1. The van der Waals surface area contributed by atoms with Gasteiger partial charge in [-0.15, -0.1) is 11.3 Å². The average Bonchev–Trinajstić information content (AvgIpc) is 3.83. The van der Waals surface area contributed by atoms with E-state index in [1.807, 2.05) is 17.9 Å². The number of carbonyl (C=O) groups is 1. The molecule has 2 N–H and O–H groups in total. The Labute approximate surface area is 299 Å². The van der Waals surface area contributed by atoms with Crippen LogP contribution in [-0.4, -0.2) is 82.8 Å². The molecule has 1 amide bonds. The third-order valence-corrected chi connectivity index (χ3v) is 11.9. The van der Waals surface area contributed by atoms with Crippen molar-refractivity contribution in [1.29, 1.82) is 5.26 Å². The molecule has 3 saturated heterocycles. The second-order valence-electron chi connectivity index (χ2n) is 14.4. The molecule has 4 atom stereocenters. The van der Waals surface area contributed by atoms with E-state index >= 15 is 17.6 Å². The molecule has 4 unspecified atom stereocenters. The summed E-state index contributed by atoms with van der Waals surface area (Å²) in [6.07, 6.45) is -4.00. The zero-order chi connectivity index (χ0) is 37.4. The Morgan fingerprint density at radius 1 is 1.25 bits per heavy atom. The summed E-state index contributed by atoms with van der Waals surface area (Å²) in [7, 11) is 1.62. The molecule has 2 aromatic heterocycles. The van der Waals surface area contributed by atoms with Gasteiger partial charge in [0.05, 0.1) is 21.4 Å². The lowest BCUT2D eigenvalue weighted by Crippen LogP contribution is -2.43. The SMILES string of the molecule is CC(C)C(=O)N1CC(N(C)c2nc(OCC34CCCN3CC(F)C4)nc3c(F)c(-c4ccc(F)c5sc(N)c(C#N)c45)c(C(F)(F)F)cc23)CC1C. The summed E-state index contributed by atoms with van der Waals surface area (Å²) < 4.78 is 97.8. The predicted molar refractivity (Wildman–Crippen MR) is 186 cm³/mol. The number of ether oxygens (including phenoxy) is 1. The fourth-order valence-electron chi connectivity index (χ4n) is 8.26. The number of fused-ring (bicyclic) bond motifs is 3. The number of likely N-dealkylation sites (tertiary alicyclic amines) is 1. The summed E-state index contributed by atoms with van der Waals surface area (Å²) in [5.41, 5.74) is 1.88. The van der Waals surface area contributed by atoms with Crippen LogP contribution in [0.3, 0.4) is 0 Å². The number of nitrogens with two attached hydrogens (primary N) is 1. The number of halogens is 6. The second-order valence-corrected chi connectivity index (χ2v) is 15.5. The van der Waals surface area contributed by atoms with E-state index < -0.39 is 52.2 Å². The number of anilines is 2. The molecule has 52 heavy (non-hydrogen) atoms. The Morgan fingerprint density at radius 2 is 2.00 bits per heavy atom. The molecule has 3 aliphatic rings. The fraction of sp³-hybridized carbons (Fsp3) is 0.500. The van der Waals surface area contributed by atoms with Gasteiger partial charge < -0.3 is 20.3 Å². The normalized spacial score (nSPS) is 23.6. The summed E-state index contributed by atoms with van der Waals surface area (Å²) >= 11 is 0.680. The standard InChI is InChI=1S/C36H37F6N7O2S/c1-17(2)33(50)49-15-20(10-18(49)3)47(4)32-22-11-24(36(40,41)42)27(21-6-7-25(38)30-26(21)23(13-43)31(44)52-30)28(39)29(22)45-34(46-32)51-16-35-8-5-9-48(35)14-19(37)12-35/h6-7,11,17-20H,5,8-10,12,14-16,44H2,1-4H3. The van der Waals surface area contributed by atoms with Crippen LogP contribution in [0.25, 0.3) is 32.1 Å². The highest BCUT2D eigenvalue weighted by Gasteiger charge is 2.49. The maximum absolute atomic E-state index is 17.2. The molecule has 0 radical (unpaired) electrons. The maximum Gasteiger partial charge on any atom is 0.417 e. The van der Waals surface area contributed by atoms with Gasteiger partial charge in [0.25, 0.3) is 0 Å². The molecule has 4 aromatic rings. The van der Waals surface area contributed by atoms with Crippen molar-refractivity contribution in [3.05, 3.63) is 41.0 Å². The molecule has 9 nitrogen and oxygen atoms in total. The zero-order valence-electron chi connectivity index (χ0n) is 29.0. The summed E-state index contributed by atoms with van der Waals surface area (Å²) in [4.78, 5) is 27.2. The predicted octanol–water partition coefficient (Wildman–Crippen LogP) is 7.30. The molecule has 0 spiro atoms. The van der Waals surface area contributed by atoms with Crippen molar-refractivity contribution in [2.75, 3.05) is 43.9 Å². The first-order valence-corrected chi connectivity index (χ1v) is 17.9. The molecule has 7 rings (SSSR count). The number of nitrogens with zero attached hydrogens (tertiary/aromatic N) is 6. The highest BCUT2D eigenvalue weighted by molar-refractivity contribution is 7.23. The monoisotopic (exact) mass is 745 g/mol. The molecule has 0 aliphatic carbocycles. The first kappa shape index (κ1) is 36.0. The number of nitriles is 1. The van der Waals surface area contributed by atoms with E-state index in [9.17, 15) is 18.8 Å². The molecular weight excluding hydrogens is 708 g/mol. The molecule has 3 fully saturated rings. The fourth-order valence-corrected chi connectivity index (χ4v) is 9.21. The number of rotatable bonds is 7. The molecule has 5 heterocycles. The minimum absolute atomic E-state index is 0.0212. The van der Waals surface area contributed by atoms with Crippen LogP contribution >= 0.6 is 11.3 Å². The van der Waals surface area contributed by atoms with E-state index in [1.54, 1.807) is 30.7 Å². The number of alkyl halides is 4. The Hall–Kier alpha value is -4.36. The lowest BCUT2D eigenvalue weighted by molar-refractivity contribution is -0.137. The van der Waals surface area contributed by atoms with Crippen LogP contribution in [0.4, 0.5) is 37.2 Å². The summed E-state index contributed by atoms with van der Waals surface area (Å²) in [5, 5.41) is 9.22.